The fourth-order valence-corrected chi connectivity index (χ4v) is 2.44. The summed E-state index contributed by atoms with van der Waals surface area (Å²) in [6.45, 7) is 4.32. The van der Waals surface area contributed by atoms with Crippen LogP contribution in [0.3, 0.4) is 0 Å². The molecule has 1 N–H and O–H groups in total. The first-order valence-electron chi connectivity index (χ1n) is 5.51. The van der Waals surface area contributed by atoms with Crippen LogP contribution in [-0.4, -0.2) is 12.0 Å². The molecule has 90 valence electrons. The predicted molar refractivity (Wildman–Crippen MR) is 78.1 cm³/mol. The van der Waals surface area contributed by atoms with Gasteiger partial charge in [0.25, 0.3) is 0 Å². The Morgan fingerprint density at radius 2 is 2.06 bits per heavy atom. The van der Waals surface area contributed by atoms with Crippen LogP contribution in [0.1, 0.15) is 25.3 Å². The summed E-state index contributed by atoms with van der Waals surface area (Å²) in [5.74, 6) is 1.35. The van der Waals surface area contributed by atoms with Crippen molar-refractivity contribution in [3.63, 3.8) is 0 Å². The zero-order chi connectivity index (χ0) is 12.6. The van der Waals surface area contributed by atoms with E-state index in [-0.39, 0.29) is 0 Å². The molecule has 4 heteroatoms. The molecule has 2 rings (SSSR count). The molecule has 0 bridgehead atoms. The van der Waals surface area contributed by atoms with Gasteiger partial charge in [-0.1, -0.05) is 31.5 Å². The lowest BCUT2D eigenvalue weighted by atomic mass is 10.0. The summed E-state index contributed by atoms with van der Waals surface area (Å²) < 4.78 is 0.850. The predicted octanol–water partition coefficient (Wildman–Crippen LogP) is 4.82. The Balaban J connectivity index is 2.78. The van der Waals surface area contributed by atoms with Gasteiger partial charge in [-0.05, 0) is 39.5 Å². The van der Waals surface area contributed by atoms with E-state index in [2.05, 4.69) is 46.1 Å². The number of pyridine rings is 1. The number of nitrogens with zero attached hydrogens (tertiary/aromatic N) is 1. The number of hydrogen-bond donors (Lipinski definition) is 1. The Bertz CT molecular complexity index is 567. The molecule has 0 saturated carbocycles. The van der Waals surface area contributed by atoms with Gasteiger partial charge in [-0.15, -0.1) is 0 Å². The van der Waals surface area contributed by atoms with Crippen LogP contribution in [0.2, 0.25) is 5.02 Å². The average molecular weight is 314 g/mol. The van der Waals surface area contributed by atoms with Crippen molar-refractivity contribution in [1.29, 1.82) is 0 Å². The molecular formula is C13H14BrClN2. The number of nitrogens with one attached hydrogen (secondary N) is 1. The second kappa shape index (κ2) is 4.83. The molecule has 0 aliphatic heterocycles. The molecule has 2 nitrogen and oxygen atoms in total. The van der Waals surface area contributed by atoms with E-state index in [4.69, 9.17) is 11.6 Å². The van der Waals surface area contributed by atoms with E-state index in [9.17, 15) is 0 Å². The third-order valence-electron chi connectivity index (χ3n) is 2.77. The van der Waals surface area contributed by atoms with Crippen molar-refractivity contribution in [2.75, 3.05) is 12.4 Å². The minimum atomic E-state index is 0.434. The van der Waals surface area contributed by atoms with Crippen molar-refractivity contribution in [3.8, 4) is 0 Å². The van der Waals surface area contributed by atoms with Crippen LogP contribution < -0.4 is 5.32 Å². The highest BCUT2D eigenvalue weighted by Gasteiger charge is 2.12. The quantitative estimate of drug-likeness (QED) is 0.860. The number of halogens is 2. The fourth-order valence-electron chi connectivity index (χ4n) is 1.84. The first-order valence-corrected chi connectivity index (χ1v) is 6.68. The summed E-state index contributed by atoms with van der Waals surface area (Å²) in [7, 11) is 1.89. The molecule has 0 amide bonds. The topological polar surface area (TPSA) is 24.9 Å². The van der Waals surface area contributed by atoms with Gasteiger partial charge in [0, 0.05) is 12.4 Å². The van der Waals surface area contributed by atoms with E-state index in [0.29, 0.717) is 10.9 Å². The molecule has 0 aliphatic carbocycles. The van der Waals surface area contributed by atoms with Gasteiger partial charge in [0.15, 0.2) is 0 Å². The highest BCUT2D eigenvalue weighted by atomic mass is 79.9. The Morgan fingerprint density at radius 1 is 1.35 bits per heavy atom. The second-order valence-corrected chi connectivity index (χ2v) is 5.46. The van der Waals surface area contributed by atoms with E-state index in [1.54, 1.807) is 0 Å². The van der Waals surface area contributed by atoms with Gasteiger partial charge in [-0.25, -0.2) is 4.98 Å². The molecule has 1 aromatic heterocycles. The van der Waals surface area contributed by atoms with Crippen LogP contribution in [0.4, 0.5) is 5.82 Å². The molecule has 0 spiro atoms. The van der Waals surface area contributed by atoms with Crippen LogP contribution in [0.25, 0.3) is 10.9 Å². The van der Waals surface area contributed by atoms with Crippen LogP contribution in [0.15, 0.2) is 22.7 Å². The lowest BCUT2D eigenvalue weighted by Crippen LogP contribution is -2.01. The van der Waals surface area contributed by atoms with Crippen molar-refractivity contribution < 1.29 is 0 Å². The van der Waals surface area contributed by atoms with Gasteiger partial charge in [-0.3, -0.25) is 0 Å². The molecule has 2 aromatic rings. The summed E-state index contributed by atoms with van der Waals surface area (Å²) >= 11 is 9.56. The number of aromatic nitrogens is 1. The maximum atomic E-state index is 6.08. The van der Waals surface area contributed by atoms with Crippen LogP contribution in [0.5, 0.6) is 0 Å². The molecule has 0 saturated heterocycles. The Kier molecular flexibility index (Phi) is 3.59. The lowest BCUT2D eigenvalue weighted by Gasteiger charge is -2.13. The van der Waals surface area contributed by atoms with Gasteiger partial charge in [0.2, 0.25) is 0 Å². The van der Waals surface area contributed by atoms with Crippen molar-refractivity contribution in [1.82, 2.24) is 4.98 Å². The second-order valence-electron chi connectivity index (χ2n) is 4.26. The number of rotatable bonds is 2. The first-order chi connectivity index (χ1) is 8.04. The van der Waals surface area contributed by atoms with E-state index in [1.807, 2.05) is 19.2 Å². The van der Waals surface area contributed by atoms with Gasteiger partial charge in [-0.2, -0.15) is 0 Å². The number of fused-ring (bicyclic) bond motifs is 1. The first kappa shape index (κ1) is 12.7. The summed E-state index contributed by atoms with van der Waals surface area (Å²) in [5.41, 5.74) is 2.11. The molecule has 1 heterocycles. The summed E-state index contributed by atoms with van der Waals surface area (Å²) in [4.78, 5) is 4.63. The molecular weight excluding hydrogens is 300 g/mol. The van der Waals surface area contributed by atoms with E-state index < -0.39 is 0 Å². The molecule has 0 unspecified atom stereocenters. The minimum Gasteiger partial charge on any atom is -0.373 e. The van der Waals surface area contributed by atoms with Crippen molar-refractivity contribution in [3.05, 3.63) is 33.3 Å². The van der Waals surface area contributed by atoms with Crippen molar-refractivity contribution >= 4 is 44.3 Å². The van der Waals surface area contributed by atoms with E-state index in [1.165, 1.54) is 5.56 Å². The Labute approximate surface area is 115 Å². The van der Waals surface area contributed by atoms with Crippen LogP contribution in [-0.2, 0) is 0 Å². The van der Waals surface area contributed by atoms with Crippen molar-refractivity contribution in [2.24, 2.45) is 0 Å². The summed E-state index contributed by atoms with van der Waals surface area (Å²) in [6, 6.07) is 6.06. The molecule has 0 radical (unpaired) electrons. The van der Waals surface area contributed by atoms with Crippen LogP contribution >= 0.6 is 27.5 Å². The average Bonchev–Trinajstić information content (AvgIpc) is 2.32. The maximum absolute atomic E-state index is 6.08. The van der Waals surface area contributed by atoms with E-state index in [0.717, 1.165) is 21.2 Å². The van der Waals surface area contributed by atoms with Crippen molar-refractivity contribution in [2.45, 2.75) is 19.8 Å². The maximum Gasteiger partial charge on any atom is 0.129 e. The number of hydrogen-bond acceptors (Lipinski definition) is 2. The van der Waals surface area contributed by atoms with Gasteiger partial charge >= 0.3 is 0 Å². The molecule has 0 atom stereocenters. The normalized spacial score (nSPS) is 11.2. The van der Waals surface area contributed by atoms with E-state index >= 15 is 0 Å². The van der Waals surface area contributed by atoms with Gasteiger partial charge < -0.3 is 5.32 Å². The highest BCUT2D eigenvalue weighted by molar-refractivity contribution is 9.10. The number of benzene rings is 1. The molecule has 1 aromatic carbocycles. The zero-order valence-corrected chi connectivity index (χ0v) is 12.4. The van der Waals surface area contributed by atoms with Gasteiger partial charge in [0.05, 0.1) is 15.0 Å². The van der Waals surface area contributed by atoms with Crippen LogP contribution in [0, 0.1) is 0 Å². The molecule has 0 aliphatic rings. The largest absolute Gasteiger partial charge is 0.373 e. The standard InChI is InChI=1S/C13H14BrClN2/c1-7(2)9-6-8-4-5-10(15)11(14)12(8)17-13(9)16-3/h4-7H,1-3H3,(H,16,17). The zero-order valence-electron chi connectivity index (χ0n) is 10.0. The number of anilines is 1. The molecule has 17 heavy (non-hydrogen) atoms. The Morgan fingerprint density at radius 3 is 2.65 bits per heavy atom. The third-order valence-corrected chi connectivity index (χ3v) is 4.11. The van der Waals surface area contributed by atoms with Gasteiger partial charge in [0.1, 0.15) is 5.82 Å². The fraction of sp³-hybridized carbons (Fsp3) is 0.308. The SMILES string of the molecule is CNc1nc2c(Br)c(Cl)ccc2cc1C(C)C. The summed E-state index contributed by atoms with van der Waals surface area (Å²) in [5, 5.41) is 4.93. The minimum absolute atomic E-state index is 0.434. The lowest BCUT2D eigenvalue weighted by molar-refractivity contribution is 0.864. The third kappa shape index (κ3) is 2.26. The highest BCUT2D eigenvalue weighted by Crippen LogP contribution is 2.33. The summed E-state index contributed by atoms with van der Waals surface area (Å²) in [6.07, 6.45) is 0. The Hall–Kier alpha value is -0.800. The molecule has 0 fully saturated rings. The smallest absolute Gasteiger partial charge is 0.129 e. The monoisotopic (exact) mass is 312 g/mol.